The largest absolute Gasteiger partial charge is 0.496 e. The van der Waals surface area contributed by atoms with E-state index < -0.39 is 17.0 Å². The van der Waals surface area contributed by atoms with Crippen molar-refractivity contribution in [1.82, 2.24) is 19.7 Å². The molecule has 0 bridgehead atoms. The van der Waals surface area contributed by atoms with Crippen LogP contribution < -0.4 is 9.47 Å². The Balaban J connectivity index is 1.59. The molecule has 1 atom stereocenters. The van der Waals surface area contributed by atoms with Gasteiger partial charge in [-0.3, -0.25) is 0 Å². The molecule has 3 heterocycles. The van der Waals surface area contributed by atoms with Crippen molar-refractivity contribution in [1.29, 1.82) is 0 Å². The van der Waals surface area contributed by atoms with E-state index >= 15 is 0 Å². The number of nitrogens with zero attached hydrogens (tertiary/aromatic N) is 4. The normalized spacial score (nSPS) is 17.8. The van der Waals surface area contributed by atoms with Crippen LogP contribution in [0.15, 0.2) is 53.1 Å². The van der Waals surface area contributed by atoms with Crippen molar-refractivity contribution in [2.45, 2.75) is 51.4 Å². The number of aryl methyl sites for hydroxylation is 1. The van der Waals surface area contributed by atoms with Crippen molar-refractivity contribution >= 4 is 0 Å². The molecule has 0 fully saturated rings. The van der Waals surface area contributed by atoms with Crippen LogP contribution >= 0.6 is 0 Å². The summed E-state index contributed by atoms with van der Waals surface area (Å²) < 4.78 is 33.5. The Morgan fingerprint density at radius 1 is 1.17 bits per heavy atom. The molecule has 2 aromatic carbocycles. The highest BCUT2D eigenvalue weighted by Gasteiger charge is 2.53. The highest BCUT2D eigenvalue weighted by molar-refractivity contribution is 5.71. The van der Waals surface area contributed by atoms with Crippen LogP contribution in [0.5, 0.6) is 11.5 Å². The fourth-order valence-electron chi connectivity index (χ4n) is 4.68. The summed E-state index contributed by atoms with van der Waals surface area (Å²) >= 11 is 0. The summed E-state index contributed by atoms with van der Waals surface area (Å²) in [5, 5.41) is 20.2. The molecule has 5 rings (SSSR count). The van der Waals surface area contributed by atoms with Crippen molar-refractivity contribution in [3.8, 4) is 34.2 Å². The summed E-state index contributed by atoms with van der Waals surface area (Å²) in [6, 6.07) is 11.6. The van der Waals surface area contributed by atoms with Crippen LogP contribution in [0.2, 0.25) is 0 Å². The number of benzene rings is 2. The van der Waals surface area contributed by atoms with Gasteiger partial charge in [0.1, 0.15) is 22.9 Å². The second kappa shape index (κ2) is 8.49. The van der Waals surface area contributed by atoms with Crippen LogP contribution in [0.25, 0.3) is 22.7 Å². The highest BCUT2D eigenvalue weighted by Crippen LogP contribution is 2.45. The number of aliphatic hydroxyl groups is 1. The van der Waals surface area contributed by atoms with Gasteiger partial charge in [0.25, 0.3) is 0 Å². The van der Waals surface area contributed by atoms with Crippen molar-refractivity contribution < 1.29 is 23.4 Å². The van der Waals surface area contributed by atoms with Crippen molar-refractivity contribution in [3.63, 3.8) is 0 Å². The lowest BCUT2D eigenvalue weighted by molar-refractivity contribution is -0.137. The number of fused-ring (bicyclic) bond motifs is 1. The van der Waals surface area contributed by atoms with Gasteiger partial charge >= 0.3 is 0 Å². The van der Waals surface area contributed by atoms with Gasteiger partial charge in [0.15, 0.2) is 28.9 Å². The van der Waals surface area contributed by atoms with Gasteiger partial charge in [-0.1, -0.05) is 12.1 Å². The average molecular weight is 479 g/mol. The van der Waals surface area contributed by atoms with E-state index in [0.29, 0.717) is 54.2 Å². The molecule has 0 aliphatic carbocycles. The summed E-state index contributed by atoms with van der Waals surface area (Å²) in [6.45, 7) is 5.78. The van der Waals surface area contributed by atoms with Crippen molar-refractivity contribution in [2.24, 2.45) is 0 Å². The fraction of sp³-hybridized carbons (Fsp3) is 0.346. The van der Waals surface area contributed by atoms with Crippen LogP contribution in [0, 0.1) is 12.7 Å². The standard InChI is InChI=1S/C26H27FN4O4/c1-16-28-15-22(34-16)20-10-9-17(13-21(20)33-4)23-29-30-24-26(25(2,3)32,11-6-12-31(23)24)35-19-8-5-7-18(27)14-19/h5,7-10,13-15,32H,6,11-12H2,1-4H3. The second-order valence-corrected chi connectivity index (χ2v) is 9.21. The maximum atomic E-state index is 13.9. The summed E-state index contributed by atoms with van der Waals surface area (Å²) in [4.78, 5) is 4.17. The third-order valence-electron chi connectivity index (χ3n) is 6.45. The first-order chi connectivity index (χ1) is 16.7. The van der Waals surface area contributed by atoms with Gasteiger partial charge in [-0.2, -0.15) is 0 Å². The first-order valence-electron chi connectivity index (χ1n) is 11.4. The smallest absolute Gasteiger partial charge is 0.196 e. The lowest BCUT2D eigenvalue weighted by atomic mass is 9.79. The summed E-state index contributed by atoms with van der Waals surface area (Å²) in [6.07, 6.45) is 2.87. The zero-order valence-corrected chi connectivity index (χ0v) is 20.1. The third-order valence-corrected chi connectivity index (χ3v) is 6.45. The summed E-state index contributed by atoms with van der Waals surface area (Å²) in [5.41, 5.74) is -0.979. The molecule has 2 aromatic heterocycles. The van der Waals surface area contributed by atoms with Crippen LogP contribution in [0.1, 0.15) is 38.4 Å². The van der Waals surface area contributed by atoms with Crippen LogP contribution in [-0.4, -0.2) is 37.6 Å². The number of rotatable bonds is 6. The van der Waals surface area contributed by atoms with Crippen molar-refractivity contribution in [2.75, 3.05) is 7.11 Å². The molecule has 1 N–H and O–H groups in total. The van der Waals surface area contributed by atoms with E-state index in [1.807, 2.05) is 22.8 Å². The molecule has 8 nitrogen and oxygen atoms in total. The van der Waals surface area contributed by atoms with Crippen LogP contribution in [0.3, 0.4) is 0 Å². The molecule has 182 valence electrons. The predicted octanol–water partition coefficient (Wildman–Crippen LogP) is 4.90. The fourth-order valence-corrected chi connectivity index (χ4v) is 4.68. The minimum atomic E-state index is -1.33. The molecule has 1 aliphatic rings. The first kappa shape index (κ1) is 23.0. The van der Waals surface area contributed by atoms with Gasteiger partial charge in [-0.25, -0.2) is 9.37 Å². The van der Waals surface area contributed by atoms with Crippen LogP contribution in [0.4, 0.5) is 4.39 Å². The molecule has 0 saturated carbocycles. The molecule has 0 spiro atoms. The summed E-state index contributed by atoms with van der Waals surface area (Å²) in [5.74, 6) is 2.80. The van der Waals surface area contributed by atoms with Gasteiger partial charge in [0.2, 0.25) is 0 Å². The molecule has 1 unspecified atom stereocenters. The van der Waals surface area contributed by atoms with E-state index in [1.54, 1.807) is 46.2 Å². The Morgan fingerprint density at radius 3 is 2.69 bits per heavy atom. The number of halogens is 1. The molecule has 9 heteroatoms. The van der Waals surface area contributed by atoms with E-state index in [-0.39, 0.29) is 0 Å². The van der Waals surface area contributed by atoms with E-state index in [1.165, 1.54) is 12.1 Å². The molecule has 1 aliphatic heterocycles. The summed E-state index contributed by atoms with van der Waals surface area (Å²) in [7, 11) is 1.59. The topological polar surface area (TPSA) is 95.4 Å². The number of hydrogen-bond donors (Lipinski definition) is 1. The monoisotopic (exact) mass is 478 g/mol. The second-order valence-electron chi connectivity index (χ2n) is 9.21. The minimum absolute atomic E-state index is 0.318. The Labute approximate surface area is 202 Å². The first-order valence-corrected chi connectivity index (χ1v) is 11.4. The van der Waals surface area contributed by atoms with E-state index in [0.717, 1.165) is 11.1 Å². The Morgan fingerprint density at radius 2 is 2.00 bits per heavy atom. The average Bonchev–Trinajstić information content (AvgIpc) is 3.45. The minimum Gasteiger partial charge on any atom is -0.496 e. The van der Waals surface area contributed by atoms with Crippen molar-refractivity contribution in [3.05, 3.63) is 66.2 Å². The molecule has 0 amide bonds. The van der Waals surface area contributed by atoms with E-state index in [9.17, 15) is 9.50 Å². The van der Waals surface area contributed by atoms with Gasteiger partial charge in [0.05, 0.1) is 18.9 Å². The van der Waals surface area contributed by atoms with Crippen LogP contribution in [-0.2, 0) is 12.1 Å². The van der Waals surface area contributed by atoms with E-state index in [2.05, 4.69) is 15.2 Å². The maximum Gasteiger partial charge on any atom is 0.196 e. The zero-order chi connectivity index (χ0) is 24.8. The highest BCUT2D eigenvalue weighted by atomic mass is 19.1. The van der Waals surface area contributed by atoms with Gasteiger partial charge in [0, 0.05) is 25.1 Å². The Hall–Kier alpha value is -3.72. The number of hydrogen-bond acceptors (Lipinski definition) is 7. The quantitative estimate of drug-likeness (QED) is 0.421. The molecule has 4 aromatic rings. The number of ether oxygens (including phenoxy) is 2. The SMILES string of the molecule is COc1cc(-c2nnc3n2CCCC3(Oc2cccc(F)c2)C(C)(C)O)ccc1-c1cnc(C)o1. The maximum absolute atomic E-state index is 13.9. The predicted molar refractivity (Wildman–Crippen MR) is 126 cm³/mol. The van der Waals surface area contributed by atoms with Gasteiger partial charge in [-0.05, 0) is 51.0 Å². The third kappa shape index (κ3) is 3.95. The molecule has 35 heavy (non-hydrogen) atoms. The Bertz CT molecular complexity index is 1370. The van der Waals surface area contributed by atoms with E-state index in [4.69, 9.17) is 13.9 Å². The molecule has 0 saturated heterocycles. The van der Waals surface area contributed by atoms with Gasteiger partial charge < -0.3 is 23.6 Å². The number of methoxy groups -OCH3 is 1. The molecular weight excluding hydrogens is 451 g/mol. The lowest BCUT2D eigenvalue weighted by Crippen LogP contribution is -2.55. The Kier molecular flexibility index (Phi) is 5.59. The number of oxazole rings is 1. The zero-order valence-electron chi connectivity index (χ0n) is 20.1. The van der Waals surface area contributed by atoms with Gasteiger partial charge in [-0.15, -0.1) is 10.2 Å². The lowest BCUT2D eigenvalue weighted by Gasteiger charge is -2.44. The molecular formula is C26H27FN4O4. The molecule has 0 radical (unpaired) electrons. The number of aromatic nitrogens is 4.